The van der Waals surface area contributed by atoms with Crippen LogP contribution >= 0.6 is 15.9 Å². The first kappa shape index (κ1) is 13.6. The molecule has 1 aromatic carbocycles. The fraction of sp³-hybridized carbons (Fsp3) is 0.200. The van der Waals surface area contributed by atoms with E-state index in [2.05, 4.69) is 21.2 Å². The Balaban J connectivity index is 3.03. The second kappa shape index (κ2) is 5.72. The Morgan fingerprint density at radius 3 is 2.47 bits per heavy atom. The van der Waals surface area contributed by atoms with Crippen LogP contribution in [0.5, 0.6) is 0 Å². The molecular formula is C10H9BrF2N2O2. The van der Waals surface area contributed by atoms with E-state index in [-0.39, 0.29) is 12.1 Å². The van der Waals surface area contributed by atoms with Crippen LogP contribution in [-0.4, -0.2) is 17.1 Å². The van der Waals surface area contributed by atoms with E-state index in [1.807, 2.05) is 0 Å². The fourth-order valence-corrected chi connectivity index (χ4v) is 1.49. The lowest BCUT2D eigenvalue weighted by Gasteiger charge is -2.07. The molecular weight excluding hydrogens is 298 g/mol. The highest BCUT2D eigenvalue weighted by atomic mass is 79.9. The van der Waals surface area contributed by atoms with Gasteiger partial charge < -0.3 is 11.1 Å². The Labute approximate surface area is 104 Å². The van der Waals surface area contributed by atoms with Crippen LogP contribution in [0.3, 0.4) is 0 Å². The number of rotatable bonds is 4. The predicted molar refractivity (Wildman–Crippen MR) is 61.9 cm³/mol. The third-order valence-corrected chi connectivity index (χ3v) is 2.31. The van der Waals surface area contributed by atoms with E-state index < -0.39 is 29.0 Å². The Morgan fingerprint density at radius 2 is 1.94 bits per heavy atom. The molecule has 0 aliphatic heterocycles. The van der Waals surface area contributed by atoms with Crippen molar-refractivity contribution in [1.82, 2.24) is 0 Å². The summed E-state index contributed by atoms with van der Waals surface area (Å²) in [5, 5.41) is 2.62. The highest BCUT2D eigenvalue weighted by Gasteiger charge is 2.15. The summed E-state index contributed by atoms with van der Waals surface area (Å²) < 4.78 is 26.4. The maximum atomic E-state index is 13.3. The molecule has 0 aliphatic carbocycles. The first-order valence-electron chi connectivity index (χ1n) is 4.60. The Hall–Kier alpha value is -1.50. The lowest BCUT2D eigenvalue weighted by molar-refractivity contribution is -0.115. The number of hydrogen-bond donors (Lipinski definition) is 2. The van der Waals surface area contributed by atoms with Crippen molar-refractivity contribution in [2.75, 3.05) is 10.6 Å². The minimum atomic E-state index is -1.06. The van der Waals surface area contributed by atoms with Crippen molar-refractivity contribution in [2.45, 2.75) is 6.42 Å². The van der Waals surface area contributed by atoms with Gasteiger partial charge in [0, 0.05) is 17.8 Å². The van der Waals surface area contributed by atoms with E-state index in [1.54, 1.807) is 0 Å². The highest BCUT2D eigenvalue weighted by molar-refractivity contribution is 9.09. The van der Waals surface area contributed by atoms with Gasteiger partial charge >= 0.3 is 0 Å². The standard InChI is InChI=1S/C10H9BrF2N2O2/c11-2-1-9(16)15-8-3-5(10(14)17)6(12)4-7(8)13/h3-4H,1-2H2,(H2,14,17)(H,15,16). The van der Waals surface area contributed by atoms with E-state index in [4.69, 9.17) is 5.73 Å². The molecule has 0 saturated heterocycles. The van der Waals surface area contributed by atoms with E-state index >= 15 is 0 Å². The van der Waals surface area contributed by atoms with Gasteiger partial charge in [-0.2, -0.15) is 0 Å². The molecule has 3 N–H and O–H groups in total. The van der Waals surface area contributed by atoms with Gasteiger partial charge in [0.2, 0.25) is 5.91 Å². The summed E-state index contributed by atoms with van der Waals surface area (Å²) in [6.07, 6.45) is 0.128. The molecule has 1 rings (SSSR count). The number of alkyl halides is 1. The van der Waals surface area contributed by atoms with Gasteiger partial charge in [0.25, 0.3) is 5.91 Å². The summed E-state index contributed by atoms with van der Waals surface area (Å²) in [7, 11) is 0. The minimum Gasteiger partial charge on any atom is -0.366 e. The molecule has 1 aromatic rings. The smallest absolute Gasteiger partial charge is 0.251 e. The summed E-state index contributed by atoms with van der Waals surface area (Å²) in [5.74, 6) is -3.51. The summed E-state index contributed by atoms with van der Waals surface area (Å²) >= 11 is 3.04. The van der Waals surface area contributed by atoms with E-state index in [9.17, 15) is 18.4 Å². The zero-order valence-corrected chi connectivity index (χ0v) is 10.2. The van der Waals surface area contributed by atoms with Gasteiger partial charge in [0.15, 0.2) is 0 Å². The van der Waals surface area contributed by atoms with Crippen LogP contribution in [0.15, 0.2) is 12.1 Å². The number of benzene rings is 1. The molecule has 0 heterocycles. The maximum Gasteiger partial charge on any atom is 0.251 e. The van der Waals surface area contributed by atoms with Crippen LogP contribution in [0.25, 0.3) is 0 Å². The van der Waals surface area contributed by atoms with E-state index in [0.717, 1.165) is 6.07 Å². The Morgan fingerprint density at radius 1 is 1.29 bits per heavy atom. The van der Waals surface area contributed by atoms with Crippen molar-refractivity contribution in [2.24, 2.45) is 5.73 Å². The molecule has 0 saturated carbocycles. The predicted octanol–water partition coefficient (Wildman–Crippen LogP) is 1.79. The normalized spacial score (nSPS) is 10.1. The molecule has 7 heteroatoms. The number of nitrogens with one attached hydrogen (secondary N) is 1. The number of nitrogens with two attached hydrogens (primary N) is 1. The quantitative estimate of drug-likeness (QED) is 0.832. The number of primary amides is 1. The van der Waals surface area contributed by atoms with Crippen LogP contribution in [0, 0.1) is 11.6 Å². The number of anilines is 1. The third kappa shape index (κ3) is 3.48. The number of carbonyl (C=O) groups is 2. The molecule has 0 unspecified atom stereocenters. The summed E-state index contributed by atoms with van der Waals surface area (Å²) in [6.45, 7) is 0. The van der Waals surface area contributed by atoms with E-state index in [0.29, 0.717) is 11.4 Å². The first-order valence-corrected chi connectivity index (χ1v) is 5.72. The third-order valence-electron chi connectivity index (χ3n) is 1.92. The molecule has 0 atom stereocenters. The molecule has 92 valence electrons. The molecule has 17 heavy (non-hydrogen) atoms. The van der Waals surface area contributed by atoms with Gasteiger partial charge in [-0.3, -0.25) is 9.59 Å². The molecule has 4 nitrogen and oxygen atoms in total. The first-order chi connectivity index (χ1) is 7.95. The topological polar surface area (TPSA) is 72.2 Å². The average Bonchev–Trinajstić information content (AvgIpc) is 2.21. The molecule has 0 bridgehead atoms. The van der Waals surface area contributed by atoms with Gasteiger partial charge in [-0.25, -0.2) is 8.78 Å². The zero-order valence-electron chi connectivity index (χ0n) is 8.60. The monoisotopic (exact) mass is 306 g/mol. The summed E-state index contributed by atoms with van der Waals surface area (Å²) in [4.78, 5) is 22.0. The van der Waals surface area contributed by atoms with Crippen LogP contribution in [0.1, 0.15) is 16.8 Å². The van der Waals surface area contributed by atoms with Crippen molar-refractivity contribution in [3.63, 3.8) is 0 Å². The fourth-order valence-electron chi connectivity index (χ4n) is 1.13. The lowest BCUT2D eigenvalue weighted by atomic mass is 10.1. The van der Waals surface area contributed by atoms with Gasteiger partial charge in [0.1, 0.15) is 11.6 Å². The van der Waals surface area contributed by atoms with Crippen molar-refractivity contribution >= 4 is 33.4 Å². The van der Waals surface area contributed by atoms with E-state index in [1.165, 1.54) is 0 Å². The largest absolute Gasteiger partial charge is 0.366 e. The Bertz CT molecular complexity index is 466. The molecule has 0 radical (unpaired) electrons. The number of amides is 2. The number of halogens is 3. The summed E-state index contributed by atoms with van der Waals surface area (Å²) in [6, 6.07) is 1.38. The second-order valence-corrected chi connectivity index (χ2v) is 3.96. The average molecular weight is 307 g/mol. The Kier molecular flexibility index (Phi) is 4.56. The molecule has 0 spiro atoms. The SMILES string of the molecule is NC(=O)c1cc(NC(=O)CCBr)c(F)cc1F. The minimum absolute atomic E-state index is 0.128. The van der Waals surface area contributed by atoms with Crippen molar-refractivity contribution in [3.8, 4) is 0 Å². The molecule has 2 amide bonds. The molecule has 0 fully saturated rings. The highest BCUT2D eigenvalue weighted by Crippen LogP contribution is 2.19. The summed E-state index contributed by atoms with van der Waals surface area (Å²) in [5.41, 5.74) is 4.16. The zero-order chi connectivity index (χ0) is 13.0. The van der Waals surface area contributed by atoms with Gasteiger partial charge in [-0.05, 0) is 6.07 Å². The van der Waals surface area contributed by atoms with Crippen LogP contribution < -0.4 is 11.1 Å². The van der Waals surface area contributed by atoms with Gasteiger partial charge in [-0.1, -0.05) is 15.9 Å². The van der Waals surface area contributed by atoms with Crippen LogP contribution in [0.2, 0.25) is 0 Å². The number of carbonyl (C=O) groups excluding carboxylic acids is 2. The molecule has 0 aliphatic rings. The van der Waals surface area contributed by atoms with Crippen molar-refractivity contribution in [3.05, 3.63) is 29.3 Å². The second-order valence-electron chi connectivity index (χ2n) is 3.16. The van der Waals surface area contributed by atoms with Gasteiger partial charge in [-0.15, -0.1) is 0 Å². The molecule has 0 aromatic heterocycles. The van der Waals surface area contributed by atoms with Crippen molar-refractivity contribution in [1.29, 1.82) is 0 Å². The van der Waals surface area contributed by atoms with Crippen molar-refractivity contribution < 1.29 is 18.4 Å². The number of hydrogen-bond acceptors (Lipinski definition) is 2. The maximum absolute atomic E-state index is 13.3. The van der Waals surface area contributed by atoms with Gasteiger partial charge in [0.05, 0.1) is 11.3 Å². The van der Waals surface area contributed by atoms with Crippen LogP contribution in [0.4, 0.5) is 14.5 Å². The lowest BCUT2D eigenvalue weighted by Crippen LogP contribution is -2.17. The van der Waals surface area contributed by atoms with Crippen LogP contribution in [-0.2, 0) is 4.79 Å².